The summed E-state index contributed by atoms with van der Waals surface area (Å²) in [6.45, 7) is 7.39. The van der Waals surface area contributed by atoms with Crippen LogP contribution >= 0.6 is 0 Å². The lowest BCUT2D eigenvalue weighted by atomic mass is 10.1. The zero-order chi connectivity index (χ0) is 15.2. The fourth-order valence-corrected chi connectivity index (χ4v) is 3.37. The number of benzene rings is 1. The summed E-state index contributed by atoms with van der Waals surface area (Å²) in [5.74, 6) is 0. The van der Waals surface area contributed by atoms with Gasteiger partial charge in [0.1, 0.15) is 0 Å². The van der Waals surface area contributed by atoms with E-state index in [1.54, 1.807) is 39.2 Å². The molecule has 0 radical (unpaired) electrons. The van der Waals surface area contributed by atoms with E-state index in [1.165, 1.54) is 0 Å². The molecule has 20 heavy (non-hydrogen) atoms. The van der Waals surface area contributed by atoms with Gasteiger partial charge in [0.25, 0.3) is 0 Å². The summed E-state index contributed by atoms with van der Waals surface area (Å²) in [7, 11) is -2.00. The van der Waals surface area contributed by atoms with E-state index in [2.05, 4.69) is 10.0 Å². The minimum absolute atomic E-state index is 0.275. The van der Waals surface area contributed by atoms with E-state index in [1.807, 2.05) is 13.0 Å². The Labute approximate surface area is 121 Å². The fourth-order valence-electron chi connectivity index (χ4n) is 1.90. The normalized spacial score (nSPS) is 12.6. The smallest absolute Gasteiger partial charge is 0.241 e. The second-order valence-electron chi connectivity index (χ2n) is 5.35. The second kappa shape index (κ2) is 7.17. The Morgan fingerprint density at radius 2 is 2.00 bits per heavy atom. The maximum absolute atomic E-state index is 12.4. The molecule has 6 heteroatoms. The third-order valence-corrected chi connectivity index (χ3v) is 4.40. The number of ether oxygens (including phenoxy) is 1. The average Bonchev–Trinajstić information content (AvgIpc) is 2.35. The molecule has 0 saturated carbocycles. The first-order valence-electron chi connectivity index (χ1n) is 6.63. The maximum Gasteiger partial charge on any atom is 0.241 e. The summed E-state index contributed by atoms with van der Waals surface area (Å²) < 4.78 is 32.4. The van der Waals surface area contributed by atoms with Crippen molar-refractivity contribution in [2.75, 3.05) is 20.3 Å². The van der Waals surface area contributed by atoms with Crippen LogP contribution in [0.1, 0.15) is 26.3 Å². The van der Waals surface area contributed by atoms with E-state index in [0.717, 1.165) is 12.1 Å². The minimum Gasteiger partial charge on any atom is -0.383 e. The molecular weight excluding hydrogens is 276 g/mol. The molecule has 0 heterocycles. The van der Waals surface area contributed by atoms with E-state index in [9.17, 15) is 8.42 Å². The van der Waals surface area contributed by atoms with Crippen molar-refractivity contribution < 1.29 is 13.2 Å². The molecule has 0 unspecified atom stereocenters. The van der Waals surface area contributed by atoms with Crippen LogP contribution in [-0.2, 0) is 21.3 Å². The van der Waals surface area contributed by atoms with Crippen LogP contribution in [0.4, 0.5) is 0 Å². The van der Waals surface area contributed by atoms with Gasteiger partial charge in [0, 0.05) is 13.7 Å². The molecule has 114 valence electrons. The van der Waals surface area contributed by atoms with Crippen molar-refractivity contribution in [3.63, 3.8) is 0 Å². The second-order valence-corrected chi connectivity index (χ2v) is 7.03. The van der Waals surface area contributed by atoms with E-state index in [0.29, 0.717) is 13.2 Å². The van der Waals surface area contributed by atoms with Crippen LogP contribution in [0.3, 0.4) is 0 Å². The number of hydrogen-bond donors (Lipinski definition) is 2. The van der Waals surface area contributed by atoms with Crippen LogP contribution in [0.5, 0.6) is 0 Å². The third-order valence-electron chi connectivity index (χ3n) is 2.70. The van der Waals surface area contributed by atoms with Gasteiger partial charge in [-0.3, -0.25) is 0 Å². The summed E-state index contributed by atoms with van der Waals surface area (Å²) in [5, 5.41) is 3.18. The quantitative estimate of drug-likeness (QED) is 0.763. The highest BCUT2D eigenvalue weighted by atomic mass is 32.2. The van der Waals surface area contributed by atoms with Gasteiger partial charge in [-0.2, -0.15) is 0 Å². The van der Waals surface area contributed by atoms with Crippen LogP contribution < -0.4 is 10.0 Å². The van der Waals surface area contributed by atoms with Crippen molar-refractivity contribution in [2.45, 2.75) is 37.8 Å². The SMILES string of the molecule is CCNCc1cccc(S(=O)(=O)NC(C)(C)COC)c1. The monoisotopic (exact) mass is 300 g/mol. The van der Waals surface area contributed by atoms with E-state index < -0.39 is 15.6 Å². The molecule has 1 rings (SSSR count). The molecular formula is C14H24N2O3S. The van der Waals surface area contributed by atoms with Crippen molar-refractivity contribution in [1.82, 2.24) is 10.0 Å². The van der Waals surface area contributed by atoms with Gasteiger partial charge in [0.15, 0.2) is 0 Å². The number of methoxy groups -OCH3 is 1. The Balaban J connectivity index is 2.92. The van der Waals surface area contributed by atoms with Gasteiger partial charge in [-0.1, -0.05) is 19.1 Å². The lowest BCUT2D eigenvalue weighted by Crippen LogP contribution is -2.46. The first-order chi connectivity index (χ1) is 9.30. The first kappa shape index (κ1) is 17.1. The van der Waals surface area contributed by atoms with E-state index in [4.69, 9.17) is 4.74 Å². The molecule has 0 aliphatic heterocycles. The van der Waals surface area contributed by atoms with Gasteiger partial charge in [0.05, 0.1) is 17.0 Å². The average molecular weight is 300 g/mol. The van der Waals surface area contributed by atoms with Crippen molar-refractivity contribution in [2.24, 2.45) is 0 Å². The van der Waals surface area contributed by atoms with Crippen LogP contribution in [-0.4, -0.2) is 34.2 Å². The van der Waals surface area contributed by atoms with Crippen molar-refractivity contribution in [1.29, 1.82) is 0 Å². The maximum atomic E-state index is 12.4. The Kier molecular flexibility index (Phi) is 6.13. The number of nitrogens with one attached hydrogen (secondary N) is 2. The van der Waals surface area contributed by atoms with Crippen LogP contribution in [0, 0.1) is 0 Å². The molecule has 1 aromatic rings. The van der Waals surface area contributed by atoms with Gasteiger partial charge in [0.2, 0.25) is 10.0 Å². The molecule has 0 bridgehead atoms. The van der Waals surface area contributed by atoms with Gasteiger partial charge in [-0.05, 0) is 38.1 Å². The zero-order valence-corrected chi connectivity index (χ0v) is 13.4. The number of rotatable bonds is 8. The van der Waals surface area contributed by atoms with Crippen LogP contribution in [0.15, 0.2) is 29.2 Å². The predicted molar refractivity (Wildman–Crippen MR) is 80.1 cm³/mol. The summed E-state index contributed by atoms with van der Waals surface area (Å²) in [4.78, 5) is 0.275. The Hall–Kier alpha value is -0.950. The van der Waals surface area contributed by atoms with Crippen molar-refractivity contribution in [3.8, 4) is 0 Å². The van der Waals surface area contributed by atoms with E-state index in [-0.39, 0.29) is 4.90 Å². The van der Waals surface area contributed by atoms with Gasteiger partial charge >= 0.3 is 0 Å². The molecule has 1 aromatic carbocycles. The zero-order valence-electron chi connectivity index (χ0n) is 12.6. The molecule has 0 aliphatic rings. The standard InChI is InChI=1S/C14H24N2O3S/c1-5-15-10-12-7-6-8-13(9-12)20(17,18)16-14(2,3)11-19-4/h6-9,15-16H,5,10-11H2,1-4H3. The number of sulfonamides is 1. The molecule has 0 aliphatic carbocycles. The predicted octanol–water partition coefficient (Wildman–Crippen LogP) is 1.50. The Morgan fingerprint density at radius 3 is 2.60 bits per heavy atom. The van der Waals surface area contributed by atoms with Gasteiger partial charge in [-0.25, -0.2) is 13.1 Å². The van der Waals surface area contributed by atoms with Crippen LogP contribution in [0.2, 0.25) is 0 Å². The highest BCUT2D eigenvalue weighted by Crippen LogP contribution is 2.15. The summed E-state index contributed by atoms with van der Waals surface area (Å²) >= 11 is 0. The molecule has 0 saturated heterocycles. The molecule has 2 N–H and O–H groups in total. The minimum atomic E-state index is -3.55. The lowest BCUT2D eigenvalue weighted by Gasteiger charge is -2.25. The summed E-state index contributed by atoms with van der Waals surface area (Å²) in [6.07, 6.45) is 0. The molecule has 0 aromatic heterocycles. The molecule has 0 spiro atoms. The van der Waals surface area contributed by atoms with E-state index >= 15 is 0 Å². The summed E-state index contributed by atoms with van der Waals surface area (Å²) in [5.41, 5.74) is 0.296. The first-order valence-corrected chi connectivity index (χ1v) is 8.11. The highest BCUT2D eigenvalue weighted by molar-refractivity contribution is 7.89. The highest BCUT2D eigenvalue weighted by Gasteiger charge is 2.26. The van der Waals surface area contributed by atoms with Gasteiger partial charge in [-0.15, -0.1) is 0 Å². The molecule has 0 atom stereocenters. The molecule has 0 fully saturated rings. The topological polar surface area (TPSA) is 67.4 Å². The van der Waals surface area contributed by atoms with Crippen LogP contribution in [0.25, 0.3) is 0 Å². The Morgan fingerprint density at radius 1 is 1.30 bits per heavy atom. The van der Waals surface area contributed by atoms with Gasteiger partial charge < -0.3 is 10.1 Å². The lowest BCUT2D eigenvalue weighted by molar-refractivity contribution is 0.141. The van der Waals surface area contributed by atoms with Crippen molar-refractivity contribution >= 4 is 10.0 Å². The number of hydrogen-bond acceptors (Lipinski definition) is 4. The molecule has 5 nitrogen and oxygen atoms in total. The molecule has 0 amide bonds. The van der Waals surface area contributed by atoms with Crippen molar-refractivity contribution in [3.05, 3.63) is 29.8 Å². The largest absolute Gasteiger partial charge is 0.383 e. The third kappa shape index (κ3) is 5.20. The fraction of sp³-hybridized carbons (Fsp3) is 0.571. The summed E-state index contributed by atoms with van der Waals surface area (Å²) in [6, 6.07) is 6.95. The Bertz CT molecular complexity index is 527.